The van der Waals surface area contributed by atoms with E-state index in [0.717, 1.165) is 25.3 Å². The number of rotatable bonds is 3. The minimum absolute atomic E-state index is 0.0336. The molecule has 1 amide bonds. The number of carbonyl (C=O) groups is 1. The minimum atomic E-state index is -0.684. The maximum atomic E-state index is 14.0. The van der Waals surface area contributed by atoms with E-state index in [-0.39, 0.29) is 29.6 Å². The van der Waals surface area contributed by atoms with Crippen molar-refractivity contribution in [1.29, 1.82) is 0 Å². The van der Waals surface area contributed by atoms with Gasteiger partial charge in [-0.05, 0) is 31.4 Å². The third kappa shape index (κ3) is 2.63. The van der Waals surface area contributed by atoms with Gasteiger partial charge in [0.15, 0.2) is 0 Å². The molecule has 0 aromatic heterocycles. The van der Waals surface area contributed by atoms with Gasteiger partial charge in [-0.15, -0.1) is 0 Å². The van der Waals surface area contributed by atoms with Gasteiger partial charge in [0.2, 0.25) is 0 Å². The maximum absolute atomic E-state index is 14.0. The molecule has 1 atom stereocenters. The maximum Gasteiger partial charge on any atom is 0.250 e. The highest BCUT2D eigenvalue weighted by Crippen LogP contribution is 2.30. The minimum Gasteiger partial charge on any atom is -0.398 e. The second-order valence-corrected chi connectivity index (χ2v) is 4.78. The summed E-state index contributed by atoms with van der Waals surface area (Å²) in [4.78, 5) is 13.1. The van der Waals surface area contributed by atoms with E-state index in [4.69, 9.17) is 11.5 Å². The Morgan fingerprint density at radius 3 is 2.84 bits per heavy atom. The van der Waals surface area contributed by atoms with E-state index in [1.807, 2.05) is 0 Å². The standard InChI is InChI=1S/C13H18FN3O2/c14-10-6-11(15)9(13(16)19)5-12(10)17-4-2-1-3-8(17)7-18/h5-6,8,18H,1-4,7,15H2,(H2,16,19). The summed E-state index contributed by atoms with van der Waals surface area (Å²) in [6.07, 6.45) is 2.72. The molecule has 0 aliphatic carbocycles. The quantitative estimate of drug-likeness (QED) is 0.708. The summed E-state index contributed by atoms with van der Waals surface area (Å²) < 4.78 is 14.0. The van der Waals surface area contributed by atoms with Gasteiger partial charge in [-0.2, -0.15) is 0 Å². The van der Waals surface area contributed by atoms with Crippen molar-refractivity contribution in [2.24, 2.45) is 5.73 Å². The van der Waals surface area contributed by atoms with Gasteiger partial charge in [0.25, 0.3) is 5.91 Å². The molecule has 1 aromatic carbocycles. The highest BCUT2D eigenvalue weighted by atomic mass is 19.1. The zero-order valence-electron chi connectivity index (χ0n) is 10.6. The van der Waals surface area contributed by atoms with Crippen molar-refractivity contribution in [3.8, 4) is 0 Å². The highest BCUT2D eigenvalue weighted by molar-refractivity contribution is 5.99. The fourth-order valence-electron chi connectivity index (χ4n) is 2.52. The molecule has 1 saturated heterocycles. The normalized spacial score (nSPS) is 19.5. The Bertz CT molecular complexity index is 493. The van der Waals surface area contributed by atoms with Crippen molar-refractivity contribution in [2.45, 2.75) is 25.3 Å². The molecular formula is C13H18FN3O2. The number of carbonyl (C=O) groups excluding carboxylic acids is 1. The first-order chi connectivity index (χ1) is 9.04. The molecule has 19 heavy (non-hydrogen) atoms. The van der Waals surface area contributed by atoms with Crippen molar-refractivity contribution in [3.63, 3.8) is 0 Å². The molecule has 1 aromatic rings. The van der Waals surface area contributed by atoms with Crippen LogP contribution in [-0.4, -0.2) is 30.2 Å². The van der Waals surface area contributed by atoms with Crippen LogP contribution in [0.3, 0.4) is 0 Å². The summed E-state index contributed by atoms with van der Waals surface area (Å²) >= 11 is 0. The van der Waals surface area contributed by atoms with Crippen LogP contribution in [0.25, 0.3) is 0 Å². The molecule has 5 N–H and O–H groups in total. The predicted octanol–water partition coefficient (Wildman–Crippen LogP) is 0.858. The number of amides is 1. The van der Waals surface area contributed by atoms with E-state index in [0.29, 0.717) is 6.54 Å². The fourth-order valence-corrected chi connectivity index (χ4v) is 2.52. The van der Waals surface area contributed by atoms with Crippen LogP contribution in [0.5, 0.6) is 0 Å². The van der Waals surface area contributed by atoms with E-state index in [2.05, 4.69) is 0 Å². The summed E-state index contributed by atoms with van der Waals surface area (Å²) in [6.45, 7) is 0.597. The van der Waals surface area contributed by atoms with Crippen LogP contribution in [0, 0.1) is 5.82 Å². The Morgan fingerprint density at radius 1 is 1.47 bits per heavy atom. The lowest BCUT2D eigenvalue weighted by atomic mass is 10.0. The predicted molar refractivity (Wildman–Crippen MR) is 71.4 cm³/mol. The molecule has 0 bridgehead atoms. The molecule has 1 aliphatic heterocycles. The topological polar surface area (TPSA) is 92.6 Å². The first-order valence-electron chi connectivity index (χ1n) is 6.31. The molecule has 1 unspecified atom stereocenters. The van der Waals surface area contributed by atoms with Crippen LogP contribution in [0.4, 0.5) is 15.8 Å². The molecule has 1 aliphatic rings. The van der Waals surface area contributed by atoms with Gasteiger partial charge in [-0.1, -0.05) is 0 Å². The number of hydrogen-bond donors (Lipinski definition) is 3. The second-order valence-electron chi connectivity index (χ2n) is 4.78. The van der Waals surface area contributed by atoms with Crippen LogP contribution in [0.15, 0.2) is 12.1 Å². The molecule has 0 spiro atoms. The average molecular weight is 267 g/mol. The van der Waals surface area contributed by atoms with Crippen LogP contribution in [0.1, 0.15) is 29.6 Å². The summed E-state index contributed by atoms with van der Waals surface area (Å²) in [5.74, 6) is -1.18. The molecule has 104 valence electrons. The summed E-state index contributed by atoms with van der Waals surface area (Å²) in [6, 6.07) is 2.35. The lowest BCUT2D eigenvalue weighted by Crippen LogP contribution is -2.42. The van der Waals surface area contributed by atoms with Gasteiger partial charge >= 0.3 is 0 Å². The number of hydrogen-bond acceptors (Lipinski definition) is 4. The zero-order chi connectivity index (χ0) is 14.0. The molecule has 1 heterocycles. The number of aliphatic hydroxyl groups excluding tert-OH is 1. The van der Waals surface area contributed by atoms with E-state index in [1.54, 1.807) is 4.90 Å². The number of anilines is 2. The van der Waals surface area contributed by atoms with Crippen LogP contribution >= 0.6 is 0 Å². The third-order valence-electron chi connectivity index (χ3n) is 3.53. The van der Waals surface area contributed by atoms with Gasteiger partial charge in [0, 0.05) is 12.2 Å². The number of halogens is 1. The average Bonchev–Trinajstić information content (AvgIpc) is 2.38. The monoisotopic (exact) mass is 267 g/mol. The van der Waals surface area contributed by atoms with Crippen molar-refractivity contribution >= 4 is 17.3 Å². The molecular weight excluding hydrogens is 249 g/mol. The fraction of sp³-hybridized carbons (Fsp3) is 0.462. The SMILES string of the molecule is NC(=O)c1cc(N2CCCCC2CO)c(F)cc1N. The number of nitrogen functional groups attached to an aromatic ring is 1. The molecule has 5 nitrogen and oxygen atoms in total. The van der Waals surface area contributed by atoms with Crippen molar-refractivity contribution in [1.82, 2.24) is 0 Å². The zero-order valence-corrected chi connectivity index (χ0v) is 10.6. The Kier molecular flexibility index (Phi) is 3.90. The molecule has 1 fully saturated rings. The number of aliphatic hydroxyl groups is 1. The first-order valence-corrected chi connectivity index (χ1v) is 6.31. The van der Waals surface area contributed by atoms with Crippen LogP contribution < -0.4 is 16.4 Å². The van der Waals surface area contributed by atoms with E-state index in [1.165, 1.54) is 6.07 Å². The van der Waals surface area contributed by atoms with Gasteiger partial charge in [0.1, 0.15) is 5.82 Å². The Hall–Kier alpha value is -1.82. The Morgan fingerprint density at radius 2 is 2.21 bits per heavy atom. The summed E-state index contributed by atoms with van der Waals surface area (Å²) in [7, 11) is 0. The summed E-state index contributed by atoms with van der Waals surface area (Å²) in [5.41, 5.74) is 11.2. The number of benzene rings is 1. The molecule has 0 radical (unpaired) electrons. The second kappa shape index (κ2) is 5.44. The highest BCUT2D eigenvalue weighted by Gasteiger charge is 2.25. The van der Waals surface area contributed by atoms with E-state index in [9.17, 15) is 14.3 Å². The van der Waals surface area contributed by atoms with Gasteiger partial charge < -0.3 is 21.5 Å². The molecule has 0 saturated carbocycles. The van der Waals surface area contributed by atoms with Gasteiger partial charge in [0.05, 0.1) is 23.9 Å². The Balaban J connectivity index is 2.42. The third-order valence-corrected chi connectivity index (χ3v) is 3.53. The number of piperidine rings is 1. The number of nitrogens with two attached hydrogens (primary N) is 2. The van der Waals surface area contributed by atoms with Gasteiger partial charge in [-0.3, -0.25) is 4.79 Å². The lowest BCUT2D eigenvalue weighted by Gasteiger charge is -2.36. The first kappa shape index (κ1) is 13.6. The largest absolute Gasteiger partial charge is 0.398 e. The van der Waals surface area contributed by atoms with Crippen LogP contribution in [-0.2, 0) is 0 Å². The van der Waals surface area contributed by atoms with E-state index < -0.39 is 11.7 Å². The van der Waals surface area contributed by atoms with Crippen molar-refractivity contribution < 1.29 is 14.3 Å². The lowest BCUT2D eigenvalue weighted by molar-refractivity contribution is 0.100. The van der Waals surface area contributed by atoms with Crippen molar-refractivity contribution in [3.05, 3.63) is 23.5 Å². The van der Waals surface area contributed by atoms with E-state index >= 15 is 0 Å². The molecule has 2 rings (SSSR count). The summed E-state index contributed by atoms with van der Waals surface area (Å²) in [5, 5.41) is 9.37. The number of primary amides is 1. The van der Waals surface area contributed by atoms with Crippen molar-refractivity contribution in [2.75, 3.05) is 23.8 Å². The smallest absolute Gasteiger partial charge is 0.250 e. The Labute approximate surface area is 111 Å². The molecule has 6 heteroatoms. The van der Waals surface area contributed by atoms with Crippen LogP contribution in [0.2, 0.25) is 0 Å². The number of nitrogens with zero attached hydrogens (tertiary/aromatic N) is 1. The van der Waals surface area contributed by atoms with Gasteiger partial charge in [-0.25, -0.2) is 4.39 Å².